The number of anilines is 1. The number of likely N-dealkylation sites (N-methyl/N-ethyl adjacent to an activating group) is 1. The van der Waals surface area contributed by atoms with Crippen LogP contribution in [0, 0.1) is 0 Å². The van der Waals surface area contributed by atoms with E-state index in [4.69, 9.17) is 0 Å². The van der Waals surface area contributed by atoms with Crippen LogP contribution in [0.2, 0.25) is 0 Å². The van der Waals surface area contributed by atoms with E-state index in [-0.39, 0.29) is 10.6 Å². The maximum atomic E-state index is 12.1. The van der Waals surface area contributed by atoms with Crippen molar-refractivity contribution < 1.29 is 17.5 Å². The Morgan fingerprint density at radius 2 is 1.64 bits per heavy atom. The Morgan fingerprint density at radius 3 is 2.36 bits per heavy atom. The number of para-hydroxylation sites is 1. The van der Waals surface area contributed by atoms with Gasteiger partial charge in [0, 0.05) is 12.6 Å². The second-order valence-electron chi connectivity index (χ2n) is 4.66. The highest BCUT2D eigenvalue weighted by molar-refractivity contribution is 7.86. The van der Waals surface area contributed by atoms with Crippen LogP contribution in [0.4, 0.5) is 5.69 Å². The number of rotatable bonds is 3. The first-order valence-corrected chi connectivity index (χ1v) is 7.86. The topological polar surface area (TPSA) is 76.0 Å². The van der Waals surface area contributed by atoms with Crippen LogP contribution in [0.25, 0.3) is 0 Å². The van der Waals surface area contributed by atoms with Gasteiger partial charge in [0.15, 0.2) is 5.71 Å². The van der Waals surface area contributed by atoms with Crippen LogP contribution in [-0.2, 0) is 19.2 Å². The number of fused-ring (bicyclic) bond motifs is 1. The van der Waals surface area contributed by atoms with Crippen molar-refractivity contribution in [2.24, 2.45) is 5.16 Å². The van der Waals surface area contributed by atoms with Gasteiger partial charge in [0.2, 0.25) is 0 Å². The van der Waals surface area contributed by atoms with Gasteiger partial charge in [0.05, 0.1) is 5.69 Å². The van der Waals surface area contributed by atoms with E-state index >= 15 is 0 Å². The predicted molar refractivity (Wildman–Crippen MR) is 81.1 cm³/mol. The van der Waals surface area contributed by atoms with Gasteiger partial charge in [-0.15, -0.1) is 0 Å². The lowest BCUT2D eigenvalue weighted by molar-refractivity contribution is -0.112. The van der Waals surface area contributed by atoms with Crippen molar-refractivity contribution >= 4 is 27.4 Å². The van der Waals surface area contributed by atoms with E-state index in [1.807, 2.05) is 0 Å². The Hall–Kier alpha value is -2.67. The summed E-state index contributed by atoms with van der Waals surface area (Å²) in [4.78, 5) is 13.5. The molecule has 6 nitrogen and oxygen atoms in total. The minimum Gasteiger partial charge on any atom is -0.309 e. The van der Waals surface area contributed by atoms with E-state index < -0.39 is 16.0 Å². The molecule has 7 heteroatoms. The maximum absolute atomic E-state index is 12.1. The number of hydrogen-bond donors (Lipinski definition) is 0. The molecule has 0 radical (unpaired) electrons. The molecule has 0 saturated carbocycles. The van der Waals surface area contributed by atoms with Crippen molar-refractivity contribution in [3.8, 4) is 0 Å². The molecule has 0 aliphatic carbocycles. The zero-order chi connectivity index (χ0) is 15.7. The number of benzene rings is 2. The first-order valence-electron chi connectivity index (χ1n) is 6.45. The molecule has 2 aromatic carbocycles. The summed E-state index contributed by atoms with van der Waals surface area (Å²) in [5.41, 5.74) is 1.17. The van der Waals surface area contributed by atoms with E-state index in [0.717, 1.165) is 0 Å². The number of nitrogens with zero attached hydrogens (tertiary/aromatic N) is 2. The summed E-state index contributed by atoms with van der Waals surface area (Å²) in [7, 11) is -2.46. The van der Waals surface area contributed by atoms with Gasteiger partial charge < -0.3 is 4.90 Å². The van der Waals surface area contributed by atoms with Crippen LogP contribution in [0.5, 0.6) is 0 Å². The van der Waals surface area contributed by atoms with Crippen molar-refractivity contribution in [3.05, 3.63) is 60.2 Å². The third-order valence-corrected chi connectivity index (χ3v) is 4.41. The molecular formula is C15H12N2O4S. The minimum atomic E-state index is -4.05. The highest BCUT2D eigenvalue weighted by Gasteiger charge is 2.32. The number of amides is 1. The fraction of sp³-hybridized carbons (Fsp3) is 0.0667. The molecular weight excluding hydrogens is 304 g/mol. The summed E-state index contributed by atoms with van der Waals surface area (Å²) in [5.74, 6) is -0.413. The lowest BCUT2D eigenvalue weighted by atomic mass is 10.1. The molecule has 3 rings (SSSR count). The SMILES string of the molecule is CN1C(=O)/C(=N/OS(=O)(=O)c2ccccc2)c2ccccc21. The van der Waals surface area contributed by atoms with E-state index in [1.54, 1.807) is 49.5 Å². The standard InChI is InChI=1S/C15H12N2O4S/c1-17-13-10-6-5-9-12(13)14(15(17)18)16-21-22(19,20)11-7-3-2-4-8-11/h2-10H,1H3/b16-14+. The number of carbonyl (C=O) groups is 1. The minimum absolute atomic E-state index is 0.0218. The second-order valence-corrected chi connectivity index (χ2v) is 6.19. The molecule has 112 valence electrons. The van der Waals surface area contributed by atoms with Gasteiger partial charge in [-0.1, -0.05) is 41.6 Å². The third kappa shape index (κ3) is 2.35. The number of hydrogen-bond acceptors (Lipinski definition) is 5. The zero-order valence-corrected chi connectivity index (χ0v) is 12.4. The van der Waals surface area contributed by atoms with Crippen molar-refractivity contribution in [1.82, 2.24) is 0 Å². The monoisotopic (exact) mass is 316 g/mol. The Morgan fingerprint density at radius 1 is 1.00 bits per heavy atom. The van der Waals surface area contributed by atoms with Crippen LogP contribution in [-0.4, -0.2) is 27.1 Å². The van der Waals surface area contributed by atoms with Gasteiger partial charge in [-0.2, -0.15) is 8.42 Å². The zero-order valence-electron chi connectivity index (χ0n) is 11.6. The van der Waals surface area contributed by atoms with Crippen molar-refractivity contribution in [3.63, 3.8) is 0 Å². The summed E-state index contributed by atoms with van der Waals surface area (Å²) in [6.45, 7) is 0. The van der Waals surface area contributed by atoms with Crippen molar-refractivity contribution in [1.29, 1.82) is 0 Å². The van der Waals surface area contributed by atoms with Crippen LogP contribution in [0.3, 0.4) is 0 Å². The van der Waals surface area contributed by atoms with Gasteiger partial charge >= 0.3 is 10.1 Å². The predicted octanol–water partition coefficient (Wildman–Crippen LogP) is 1.77. The lowest BCUT2D eigenvalue weighted by Gasteiger charge is -2.07. The summed E-state index contributed by atoms with van der Waals surface area (Å²) >= 11 is 0. The molecule has 0 spiro atoms. The first-order chi connectivity index (χ1) is 10.5. The molecule has 0 bridgehead atoms. The quantitative estimate of drug-likeness (QED) is 0.809. The summed E-state index contributed by atoms with van der Waals surface area (Å²) < 4.78 is 28.8. The third-order valence-electron chi connectivity index (χ3n) is 3.29. The smallest absolute Gasteiger partial charge is 0.309 e. The molecule has 1 aliphatic rings. The molecule has 0 atom stereocenters. The van der Waals surface area contributed by atoms with E-state index in [1.165, 1.54) is 17.0 Å². The molecule has 0 N–H and O–H groups in total. The molecule has 1 amide bonds. The van der Waals surface area contributed by atoms with Crippen molar-refractivity contribution in [2.75, 3.05) is 11.9 Å². The first kappa shape index (κ1) is 14.3. The van der Waals surface area contributed by atoms with Crippen LogP contribution in [0.15, 0.2) is 64.6 Å². The lowest BCUT2D eigenvalue weighted by Crippen LogP contribution is -2.25. The fourth-order valence-corrected chi connectivity index (χ4v) is 2.90. The van der Waals surface area contributed by atoms with Crippen LogP contribution < -0.4 is 4.90 Å². The van der Waals surface area contributed by atoms with Gasteiger partial charge in [0.25, 0.3) is 5.91 Å². The van der Waals surface area contributed by atoms with Gasteiger partial charge in [-0.25, -0.2) is 0 Å². The van der Waals surface area contributed by atoms with Crippen LogP contribution >= 0.6 is 0 Å². The van der Waals surface area contributed by atoms with Crippen molar-refractivity contribution in [2.45, 2.75) is 4.90 Å². The molecule has 1 heterocycles. The van der Waals surface area contributed by atoms with Gasteiger partial charge in [0.1, 0.15) is 4.90 Å². The summed E-state index contributed by atoms with van der Waals surface area (Å²) in [5, 5.41) is 3.58. The molecule has 0 aromatic heterocycles. The summed E-state index contributed by atoms with van der Waals surface area (Å²) in [6.07, 6.45) is 0. The molecule has 1 aliphatic heterocycles. The van der Waals surface area contributed by atoms with E-state index in [0.29, 0.717) is 11.3 Å². The average Bonchev–Trinajstić information content (AvgIpc) is 2.78. The summed E-state index contributed by atoms with van der Waals surface area (Å²) in [6, 6.07) is 14.6. The van der Waals surface area contributed by atoms with Gasteiger partial charge in [-0.3, -0.25) is 9.08 Å². The highest BCUT2D eigenvalue weighted by atomic mass is 32.2. The number of carbonyl (C=O) groups excluding carboxylic acids is 1. The molecule has 0 saturated heterocycles. The average molecular weight is 316 g/mol. The Kier molecular flexibility index (Phi) is 3.42. The Bertz CT molecular complexity index is 860. The van der Waals surface area contributed by atoms with Crippen LogP contribution in [0.1, 0.15) is 5.56 Å². The molecule has 0 unspecified atom stereocenters. The Labute approximate surface area is 127 Å². The molecule has 0 fully saturated rings. The fourth-order valence-electron chi connectivity index (χ4n) is 2.15. The number of oxime groups is 1. The maximum Gasteiger partial charge on any atom is 0.358 e. The van der Waals surface area contributed by atoms with Gasteiger partial charge in [-0.05, 0) is 18.2 Å². The van der Waals surface area contributed by atoms with E-state index in [9.17, 15) is 13.2 Å². The normalized spacial score (nSPS) is 16.0. The highest BCUT2D eigenvalue weighted by Crippen LogP contribution is 2.28. The largest absolute Gasteiger partial charge is 0.358 e. The second kappa shape index (κ2) is 5.27. The Balaban J connectivity index is 1.96. The van der Waals surface area contributed by atoms with E-state index in [2.05, 4.69) is 9.44 Å². The molecule has 2 aromatic rings. The molecule has 22 heavy (non-hydrogen) atoms.